The molecule has 0 saturated carbocycles. The predicted octanol–water partition coefficient (Wildman–Crippen LogP) is 2.00. The van der Waals surface area contributed by atoms with Crippen LogP contribution in [0.3, 0.4) is 0 Å². The third-order valence-electron chi connectivity index (χ3n) is 2.89. The molecule has 0 aromatic rings. The predicted molar refractivity (Wildman–Crippen MR) is 50.7 cm³/mol. The average Bonchev–Trinajstić information content (AvgIpc) is 1.99. The molecule has 0 aromatic heterocycles. The Morgan fingerprint density at radius 2 is 1.54 bits per heavy atom. The molecular weight excluding hydrogens is 166 g/mol. The molecule has 1 fully saturated rings. The van der Waals surface area contributed by atoms with E-state index in [0.717, 1.165) is 12.8 Å². The van der Waals surface area contributed by atoms with E-state index in [1.165, 1.54) is 5.06 Å². The lowest BCUT2D eigenvalue weighted by atomic mass is 9.80. The highest BCUT2D eigenvalue weighted by Gasteiger charge is 2.46. The second kappa shape index (κ2) is 3.23. The Kier molecular flexibility index (Phi) is 2.72. The summed E-state index contributed by atoms with van der Waals surface area (Å²) >= 11 is 0. The maximum atomic E-state index is 11.9. The topological polar surface area (TPSA) is 32.4 Å². The van der Waals surface area contributed by atoms with Gasteiger partial charge in [-0.3, -0.25) is 0 Å². The molecule has 0 aromatic carbocycles. The second-order valence-electron chi connectivity index (χ2n) is 5.19. The van der Waals surface area contributed by atoms with Crippen molar-refractivity contribution in [2.75, 3.05) is 7.11 Å². The average molecular weight is 186 g/mol. The number of piperidine rings is 1. The van der Waals surface area contributed by atoms with Crippen molar-refractivity contribution in [3.63, 3.8) is 0 Å². The van der Waals surface area contributed by atoms with Crippen LogP contribution in [0, 0.1) is 0 Å². The van der Waals surface area contributed by atoms with Gasteiger partial charge in [0.2, 0.25) is 0 Å². The van der Waals surface area contributed by atoms with Crippen molar-refractivity contribution < 1.29 is 9.94 Å². The Balaban J connectivity index is 2.82. The van der Waals surface area contributed by atoms with Crippen LogP contribution < -0.4 is 0 Å². The zero-order valence-corrected chi connectivity index (χ0v) is 9.26. The lowest BCUT2D eigenvalue weighted by molar-refractivity contribution is -0.299. The molecule has 1 heterocycles. The second-order valence-corrected chi connectivity index (χ2v) is 5.19. The maximum absolute atomic E-state index is 11.9. The highest BCUT2D eigenvalue weighted by molar-refractivity contribution is 4.96. The van der Waals surface area contributed by atoms with Gasteiger partial charge in [0.15, 0.2) is 0 Å². The third kappa shape index (κ3) is 2.03. The number of hydroxylamine groups is 2. The minimum atomic E-state index is -0.303. The normalized spacial score (nSPS) is 29.1. The van der Waals surface area contributed by atoms with Crippen LogP contribution in [0.2, 0.25) is 0 Å². The summed E-state index contributed by atoms with van der Waals surface area (Å²) in [6.07, 6.45) is 1.85. The standard InChI is InChI=1S/C10H20NO2/c1-9(2)6-8(13-5)7-10(3,4)11(9)12/h8H,6-7H2,1-5H3. The molecule has 1 aliphatic heterocycles. The molecule has 0 unspecified atom stereocenters. The minimum Gasteiger partial charge on any atom is -0.381 e. The third-order valence-corrected chi connectivity index (χ3v) is 2.89. The van der Waals surface area contributed by atoms with E-state index in [1.807, 2.05) is 27.7 Å². The first-order chi connectivity index (χ1) is 5.79. The van der Waals surface area contributed by atoms with Crippen LogP contribution in [0.5, 0.6) is 0 Å². The van der Waals surface area contributed by atoms with Crippen LogP contribution in [-0.2, 0) is 9.94 Å². The van der Waals surface area contributed by atoms with E-state index < -0.39 is 0 Å². The van der Waals surface area contributed by atoms with E-state index in [4.69, 9.17) is 4.74 Å². The Morgan fingerprint density at radius 1 is 1.15 bits per heavy atom. The summed E-state index contributed by atoms with van der Waals surface area (Å²) < 4.78 is 5.35. The molecule has 0 N–H and O–H groups in total. The van der Waals surface area contributed by atoms with Crippen LogP contribution in [0.1, 0.15) is 40.5 Å². The number of hydrogen-bond acceptors (Lipinski definition) is 2. The SMILES string of the molecule is COC1CC(C)(C)N([O])C(C)(C)C1. The first-order valence-electron chi connectivity index (χ1n) is 4.80. The first kappa shape index (κ1) is 11.0. The Hall–Kier alpha value is -0.120. The summed E-state index contributed by atoms with van der Waals surface area (Å²) in [7, 11) is 1.72. The molecule has 0 spiro atoms. The van der Waals surface area contributed by atoms with Crippen LogP contribution in [0.25, 0.3) is 0 Å². The van der Waals surface area contributed by atoms with E-state index >= 15 is 0 Å². The summed E-state index contributed by atoms with van der Waals surface area (Å²) in [6, 6.07) is 0. The summed E-state index contributed by atoms with van der Waals surface area (Å²) in [5.74, 6) is 0. The van der Waals surface area contributed by atoms with Gasteiger partial charge in [-0.2, -0.15) is 0 Å². The highest BCUT2D eigenvalue weighted by Crippen LogP contribution is 2.37. The molecule has 77 valence electrons. The molecule has 1 rings (SSSR count). The van der Waals surface area contributed by atoms with Gasteiger partial charge >= 0.3 is 0 Å². The number of ether oxygens (including phenoxy) is 1. The van der Waals surface area contributed by atoms with Gasteiger partial charge in [-0.05, 0) is 40.5 Å². The van der Waals surface area contributed by atoms with E-state index in [2.05, 4.69) is 0 Å². The zero-order valence-electron chi connectivity index (χ0n) is 9.26. The van der Waals surface area contributed by atoms with Gasteiger partial charge in [-0.15, -0.1) is 10.3 Å². The van der Waals surface area contributed by atoms with Gasteiger partial charge in [0.05, 0.1) is 6.10 Å². The monoisotopic (exact) mass is 186 g/mol. The van der Waals surface area contributed by atoms with E-state index in [0.29, 0.717) is 0 Å². The van der Waals surface area contributed by atoms with Crippen molar-refractivity contribution in [1.29, 1.82) is 0 Å². The van der Waals surface area contributed by atoms with E-state index in [1.54, 1.807) is 7.11 Å². The van der Waals surface area contributed by atoms with Crippen LogP contribution in [0.15, 0.2) is 0 Å². The van der Waals surface area contributed by atoms with Gasteiger partial charge in [0.1, 0.15) is 0 Å². The molecule has 0 bridgehead atoms. The fourth-order valence-corrected chi connectivity index (χ4v) is 2.34. The molecule has 0 atom stereocenters. The molecule has 3 heteroatoms. The van der Waals surface area contributed by atoms with Crippen molar-refractivity contribution in [3.8, 4) is 0 Å². The zero-order chi connectivity index (χ0) is 10.3. The summed E-state index contributed by atoms with van der Waals surface area (Å²) in [6.45, 7) is 7.92. The number of hydrogen-bond donors (Lipinski definition) is 0. The van der Waals surface area contributed by atoms with E-state index in [-0.39, 0.29) is 17.2 Å². The van der Waals surface area contributed by atoms with E-state index in [9.17, 15) is 5.21 Å². The molecule has 13 heavy (non-hydrogen) atoms. The fourth-order valence-electron chi connectivity index (χ4n) is 2.34. The van der Waals surface area contributed by atoms with Crippen molar-refractivity contribution in [3.05, 3.63) is 0 Å². The molecule has 1 radical (unpaired) electrons. The molecular formula is C10H20NO2. The minimum absolute atomic E-state index is 0.218. The molecule has 0 amide bonds. The van der Waals surface area contributed by atoms with Crippen LogP contribution >= 0.6 is 0 Å². The molecule has 1 aliphatic rings. The van der Waals surface area contributed by atoms with Gasteiger partial charge in [0, 0.05) is 18.2 Å². The fraction of sp³-hybridized carbons (Fsp3) is 1.00. The van der Waals surface area contributed by atoms with Crippen LogP contribution in [-0.4, -0.2) is 29.4 Å². The van der Waals surface area contributed by atoms with Crippen LogP contribution in [0.4, 0.5) is 0 Å². The lowest BCUT2D eigenvalue weighted by Crippen LogP contribution is -2.59. The number of methoxy groups -OCH3 is 1. The number of rotatable bonds is 1. The van der Waals surface area contributed by atoms with Crippen molar-refractivity contribution >= 4 is 0 Å². The van der Waals surface area contributed by atoms with Crippen molar-refractivity contribution in [2.24, 2.45) is 0 Å². The Labute approximate surface area is 80.6 Å². The summed E-state index contributed by atoms with van der Waals surface area (Å²) in [4.78, 5) is 0. The summed E-state index contributed by atoms with van der Waals surface area (Å²) in [5.41, 5.74) is -0.606. The molecule has 3 nitrogen and oxygen atoms in total. The quantitative estimate of drug-likeness (QED) is 0.627. The number of nitrogens with zero attached hydrogens (tertiary/aromatic N) is 1. The molecule has 1 saturated heterocycles. The van der Waals surface area contributed by atoms with Gasteiger partial charge in [0.25, 0.3) is 0 Å². The Bertz CT molecular complexity index is 171. The van der Waals surface area contributed by atoms with Gasteiger partial charge in [-0.25, -0.2) is 0 Å². The first-order valence-corrected chi connectivity index (χ1v) is 4.80. The van der Waals surface area contributed by atoms with Gasteiger partial charge < -0.3 is 4.74 Å². The molecule has 0 aliphatic carbocycles. The Morgan fingerprint density at radius 3 is 1.85 bits per heavy atom. The van der Waals surface area contributed by atoms with Crippen molar-refractivity contribution in [2.45, 2.75) is 57.7 Å². The van der Waals surface area contributed by atoms with Gasteiger partial charge in [-0.1, -0.05) is 0 Å². The summed E-state index contributed by atoms with van der Waals surface area (Å²) in [5, 5.41) is 13.1. The maximum Gasteiger partial charge on any atom is 0.0608 e. The van der Waals surface area contributed by atoms with Crippen molar-refractivity contribution in [1.82, 2.24) is 5.06 Å². The smallest absolute Gasteiger partial charge is 0.0608 e. The highest BCUT2D eigenvalue weighted by atomic mass is 16.5. The largest absolute Gasteiger partial charge is 0.381 e. The lowest BCUT2D eigenvalue weighted by Gasteiger charge is -2.49.